The Hall–Kier alpha value is -3.09. The molecule has 158 valence electrons. The van der Waals surface area contributed by atoms with Crippen molar-refractivity contribution < 1.29 is 27.4 Å². The summed E-state index contributed by atoms with van der Waals surface area (Å²) in [7, 11) is 1.32. The lowest BCUT2D eigenvalue weighted by molar-refractivity contribution is -0.138. The zero-order chi connectivity index (χ0) is 21.9. The minimum Gasteiger partial charge on any atom is -0.489 e. The molecule has 1 aliphatic heterocycles. The fraction of sp³-hybridized carbons (Fsp3) is 0.304. The number of esters is 1. The Balaban J connectivity index is 1.90. The molecule has 0 aromatic heterocycles. The van der Waals surface area contributed by atoms with E-state index in [1.807, 2.05) is 19.1 Å². The minimum atomic E-state index is -4.41. The van der Waals surface area contributed by atoms with Gasteiger partial charge in [0, 0.05) is 22.9 Å². The molecule has 1 atom stereocenters. The van der Waals surface area contributed by atoms with E-state index in [4.69, 9.17) is 9.47 Å². The van der Waals surface area contributed by atoms with Gasteiger partial charge in [-0.2, -0.15) is 13.2 Å². The molecular formula is C23H22F3NO3. The number of ether oxygens (including phenoxy) is 2. The van der Waals surface area contributed by atoms with Crippen LogP contribution in [0, 0.1) is 0 Å². The van der Waals surface area contributed by atoms with Crippen molar-refractivity contribution in [1.82, 2.24) is 0 Å². The van der Waals surface area contributed by atoms with Crippen molar-refractivity contribution >= 4 is 11.7 Å². The van der Waals surface area contributed by atoms with Crippen molar-refractivity contribution in [3.05, 3.63) is 76.5 Å². The second-order valence-corrected chi connectivity index (χ2v) is 7.12. The normalized spacial score (nSPS) is 16.9. The third-order valence-corrected chi connectivity index (χ3v) is 4.94. The number of rotatable bonds is 5. The van der Waals surface area contributed by atoms with Crippen molar-refractivity contribution in [2.24, 2.45) is 4.99 Å². The zero-order valence-corrected chi connectivity index (χ0v) is 16.9. The molecule has 0 radical (unpaired) electrons. The molecular weight excluding hydrogens is 395 g/mol. The van der Waals surface area contributed by atoms with Crippen LogP contribution in [0.5, 0.6) is 5.75 Å². The maximum atomic E-state index is 13.0. The van der Waals surface area contributed by atoms with E-state index < -0.39 is 17.7 Å². The van der Waals surface area contributed by atoms with Gasteiger partial charge in [-0.3, -0.25) is 4.99 Å². The van der Waals surface area contributed by atoms with Crippen molar-refractivity contribution in [3.8, 4) is 5.75 Å². The smallest absolute Gasteiger partial charge is 0.416 e. The van der Waals surface area contributed by atoms with Crippen LogP contribution < -0.4 is 4.74 Å². The van der Waals surface area contributed by atoms with Gasteiger partial charge in [0.25, 0.3) is 0 Å². The lowest BCUT2D eigenvalue weighted by atomic mass is 9.83. The molecule has 0 fully saturated rings. The van der Waals surface area contributed by atoms with Gasteiger partial charge in [0.2, 0.25) is 0 Å². The van der Waals surface area contributed by atoms with E-state index >= 15 is 0 Å². The molecule has 0 N–H and O–H groups in total. The highest BCUT2D eigenvalue weighted by molar-refractivity contribution is 5.96. The molecule has 1 aliphatic rings. The van der Waals surface area contributed by atoms with Gasteiger partial charge in [-0.25, -0.2) is 4.79 Å². The number of hydrogen-bond donors (Lipinski definition) is 0. The molecule has 0 saturated carbocycles. The summed E-state index contributed by atoms with van der Waals surface area (Å²) in [6.45, 7) is 3.61. The van der Waals surface area contributed by atoms with Crippen molar-refractivity contribution in [2.75, 3.05) is 7.11 Å². The standard InChI is InChI=1S/C23H22F3NO3/c1-14-11-19(21(15(2)27-14)22(28)29-3)18-9-4-5-10-20(18)30-13-16-7-6-8-17(12-16)23(24,25)26/h4-10,12,19H,11,13H2,1-3H3. The molecule has 0 aliphatic carbocycles. The Bertz CT molecular complexity index is 1010. The molecule has 1 heterocycles. The number of benzene rings is 2. The van der Waals surface area contributed by atoms with Crippen molar-refractivity contribution in [3.63, 3.8) is 0 Å². The molecule has 0 bridgehead atoms. The number of para-hydroxylation sites is 1. The van der Waals surface area contributed by atoms with Gasteiger partial charge in [-0.15, -0.1) is 0 Å². The number of methoxy groups -OCH3 is 1. The second-order valence-electron chi connectivity index (χ2n) is 7.12. The number of allylic oxidation sites excluding steroid dienone is 1. The van der Waals surface area contributed by atoms with E-state index in [0.29, 0.717) is 29.0 Å². The number of carbonyl (C=O) groups is 1. The van der Waals surface area contributed by atoms with E-state index in [9.17, 15) is 18.0 Å². The van der Waals surface area contributed by atoms with Gasteiger partial charge < -0.3 is 9.47 Å². The molecule has 2 aromatic carbocycles. The van der Waals surface area contributed by atoms with Crippen LogP contribution in [0.3, 0.4) is 0 Å². The van der Waals surface area contributed by atoms with Gasteiger partial charge in [0.1, 0.15) is 12.4 Å². The molecule has 1 unspecified atom stereocenters. The summed E-state index contributed by atoms with van der Waals surface area (Å²) in [5.74, 6) is -0.266. The van der Waals surface area contributed by atoms with E-state index in [-0.39, 0.29) is 12.5 Å². The summed E-state index contributed by atoms with van der Waals surface area (Å²) in [5.41, 5.74) is 2.36. The molecule has 30 heavy (non-hydrogen) atoms. The number of alkyl halides is 3. The Morgan fingerprint density at radius 1 is 1.13 bits per heavy atom. The van der Waals surface area contributed by atoms with Crippen LogP contribution in [0.2, 0.25) is 0 Å². The summed E-state index contributed by atoms with van der Waals surface area (Å²) >= 11 is 0. The highest BCUT2D eigenvalue weighted by Crippen LogP contribution is 2.39. The number of halogens is 3. The first-order chi connectivity index (χ1) is 14.2. The van der Waals surface area contributed by atoms with Gasteiger partial charge >= 0.3 is 12.1 Å². The number of aliphatic imine (C=N–C) groups is 1. The summed E-state index contributed by atoms with van der Waals surface area (Å²) in [6.07, 6.45) is -3.89. The largest absolute Gasteiger partial charge is 0.489 e. The van der Waals surface area contributed by atoms with Crippen molar-refractivity contribution in [1.29, 1.82) is 0 Å². The van der Waals surface area contributed by atoms with Crippen molar-refractivity contribution in [2.45, 2.75) is 39.0 Å². The summed E-state index contributed by atoms with van der Waals surface area (Å²) < 4.78 is 49.7. The lowest BCUT2D eigenvalue weighted by Crippen LogP contribution is -2.21. The molecule has 0 amide bonds. The van der Waals surface area contributed by atoms with Crippen LogP contribution in [0.4, 0.5) is 13.2 Å². The van der Waals surface area contributed by atoms with Crippen LogP contribution >= 0.6 is 0 Å². The Morgan fingerprint density at radius 2 is 1.87 bits per heavy atom. The summed E-state index contributed by atoms with van der Waals surface area (Å²) in [6, 6.07) is 12.2. The number of nitrogens with zero attached hydrogens (tertiary/aromatic N) is 1. The molecule has 4 nitrogen and oxygen atoms in total. The number of hydrogen-bond acceptors (Lipinski definition) is 4. The minimum absolute atomic E-state index is 0.0308. The van der Waals surface area contributed by atoms with E-state index in [0.717, 1.165) is 23.4 Å². The van der Waals surface area contributed by atoms with Gasteiger partial charge in [0.15, 0.2) is 0 Å². The second kappa shape index (κ2) is 8.73. The Kier molecular flexibility index (Phi) is 6.29. The monoisotopic (exact) mass is 417 g/mol. The zero-order valence-electron chi connectivity index (χ0n) is 16.9. The molecule has 7 heteroatoms. The van der Waals surface area contributed by atoms with E-state index in [1.165, 1.54) is 13.2 Å². The van der Waals surface area contributed by atoms with Crippen LogP contribution in [0.25, 0.3) is 0 Å². The topological polar surface area (TPSA) is 47.9 Å². The fourth-order valence-electron chi connectivity index (χ4n) is 3.61. The van der Waals surface area contributed by atoms with Gasteiger partial charge in [-0.1, -0.05) is 30.3 Å². The van der Waals surface area contributed by atoms with Crippen LogP contribution in [-0.4, -0.2) is 18.8 Å². The molecule has 0 spiro atoms. The first-order valence-corrected chi connectivity index (χ1v) is 9.41. The van der Waals surface area contributed by atoms with Crippen LogP contribution in [-0.2, 0) is 22.3 Å². The van der Waals surface area contributed by atoms with E-state index in [2.05, 4.69) is 4.99 Å². The highest BCUT2D eigenvalue weighted by Gasteiger charge is 2.32. The quantitative estimate of drug-likeness (QED) is 0.588. The predicted octanol–water partition coefficient (Wildman–Crippen LogP) is 5.68. The van der Waals surface area contributed by atoms with Crippen LogP contribution in [0.1, 0.15) is 42.9 Å². The molecule has 0 saturated heterocycles. The third-order valence-electron chi connectivity index (χ3n) is 4.94. The lowest BCUT2D eigenvalue weighted by Gasteiger charge is -2.26. The predicted molar refractivity (Wildman–Crippen MR) is 107 cm³/mol. The fourth-order valence-corrected chi connectivity index (χ4v) is 3.61. The maximum absolute atomic E-state index is 13.0. The van der Waals surface area contributed by atoms with Gasteiger partial charge in [0.05, 0.1) is 18.2 Å². The highest BCUT2D eigenvalue weighted by atomic mass is 19.4. The molecule has 3 rings (SSSR count). The first kappa shape index (κ1) is 21.6. The Labute approximate surface area is 173 Å². The average molecular weight is 417 g/mol. The van der Waals surface area contributed by atoms with E-state index in [1.54, 1.807) is 25.1 Å². The SMILES string of the molecule is COC(=O)C1=C(C)N=C(C)CC1c1ccccc1OCc1cccc(C(F)(F)F)c1. The molecule has 2 aromatic rings. The summed E-state index contributed by atoms with van der Waals surface area (Å²) in [5, 5.41) is 0. The van der Waals surface area contributed by atoms with Crippen LogP contribution in [0.15, 0.2) is 64.8 Å². The van der Waals surface area contributed by atoms with Gasteiger partial charge in [-0.05, 0) is 44.0 Å². The summed E-state index contributed by atoms with van der Waals surface area (Å²) in [4.78, 5) is 16.8. The Morgan fingerprint density at radius 3 is 2.57 bits per heavy atom. The number of carbonyl (C=O) groups excluding carboxylic acids is 1. The average Bonchev–Trinajstić information content (AvgIpc) is 2.71. The third kappa shape index (κ3) is 4.72. The maximum Gasteiger partial charge on any atom is 0.416 e. The first-order valence-electron chi connectivity index (χ1n) is 9.41.